The fourth-order valence-corrected chi connectivity index (χ4v) is 4.06. The summed E-state index contributed by atoms with van der Waals surface area (Å²) in [5.74, 6) is -0.551. The number of amides is 1. The minimum Gasteiger partial charge on any atom is -0.295 e. The first kappa shape index (κ1) is 18.6. The predicted molar refractivity (Wildman–Crippen MR) is 115 cm³/mol. The molecule has 1 atom stereocenters. The zero-order valence-corrected chi connectivity index (χ0v) is 16.8. The lowest BCUT2D eigenvalue weighted by Gasteiger charge is -2.26. The van der Waals surface area contributed by atoms with E-state index in [9.17, 15) is 9.18 Å². The van der Waals surface area contributed by atoms with Gasteiger partial charge in [-0.1, -0.05) is 53.6 Å². The van der Waals surface area contributed by atoms with E-state index in [0.717, 1.165) is 22.4 Å². The van der Waals surface area contributed by atoms with E-state index in [0.29, 0.717) is 22.0 Å². The van der Waals surface area contributed by atoms with Gasteiger partial charge in [-0.15, -0.1) is 0 Å². The zero-order valence-electron chi connectivity index (χ0n) is 16.1. The first-order valence-electron chi connectivity index (χ1n) is 9.53. The van der Waals surface area contributed by atoms with Crippen LogP contribution in [0.1, 0.15) is 33.2 Å². The van der Waals surface area contributed by atoms with Gasteiger partial charge < -0.3 is 0 Å². The number of halogens is 2. The molecule has 1 N–H and O–H groups in total. The summed E-state index contributed by atoms with van der Waals surface area (Å²) in [5.41, 5.74) is 5.14. The minimum atomic E-state index is -0.504. The van der Waals surface area contributed by atoms with Crippen LogP contribution in [0, 0.1) is 12.7 Å². The summed E-state index contributed by atoms with van der Waals surface area (Å²) in [5, 5.41) is 7.94. The van der Waals surface area contributed by atoms with Crippen molar-refractivity contribution in [3.63, 3.8) is 0 Å². The van der Waals surface area contributed by atoms with E-state index in [1.54, 1.807) is 23.1 Å². The van der Waals surface area contributed by atoms with Crippen LogP contribution in [0.15, 0.2) is 72.8 Å². The first-order chi connectivity index (χ1) is 14.5. The average molecular weight is 418 g/mol. The quantitative estimate of drug-likeness (QED) is 0.449. The van der Waals surface area contributed by atoms with Crippen molar-refractivity contribution < 1.29 is 9.18 Å². The molecular formula is C24H17ClFN3O. The highest BCUT2D eigenvalue weighted by Crippen LogP contribution is 2.45. The minimum absolute atomic E-state index is 0.198. The summed E-state index contributed by atoms with van der Waals surface area (Å²) in [7, 11) is 0. The fraction of sp³-hybridized carbons (Fsp3) is 0.0833. The second-order valence-corrected chi connectivity index (χ2v) is 7.77. The fourth-order valence-electron chi connectivity index (χ4n) is 3.94. The van der Waals surface area contributed by atoms with Gasteiger partial charge in [-0.3, -0.25) is 14.8 Å². The number of fused-ring (bicyclic) bond motifs is 1. The van der Waals surface area contributed by atoms with Crippen LogP contribution >= 0.6 is 11.6 Å². The van der Waals surface area contributed by atoms with Crippen LogP contribution in [0.2, 0.25) is 5.02 Å². The molecule has 0 spiro atoms. The van der Waals surface area contributed by atoms with Crippen LogP contribution < -0.4 is 4.90 Å². The Morgan fingerprint density at radius 2 is 1.77 bits per heavy atom. The van der Waals surface area contributed by atoms with E-state index < -0.39 is 6.04 Å². The molecule has 1 aromatic heterocycles. The van der Waals surface area contributed by atoms with Crippen molar-refractivity contribution in [2.75, 3.05) is 4.90 Å². The van der Waals surface area contributed by atoms with Crippen molar-refractivity contribution >= 4 is 23.2 Å². The highest BCUT2D eigenvalue weighted by Gasteiger charge is 2.43. The Kier molecular flexibility index (Phi) is 4.40. The van der Waals surface area contributed by atoms with Gasteiger partial charge >= 0.3 is 0 Å². The molecule has 1 amide bonds. The Bertz CT molecular complexity index is 1250. The van der Waals surface area contributed by atoms with Gasteiger partial charge in [-0.2, -0.15) is 5.10 Å². The SMILES string of the molecule is Cc1ccc(N2C(=O)c3[nH]nc(-c4ccc(Cl)cc4)c3[C@@H]2c2cccc(F)c2)cc1. The number of aromatic amines is 1. The third-order valence-corrected chi connectivity index (χ3v) is 5.61. The summed E-state index contributed by atoms with van der Waals surface area (Å²) >= 11 is 6.04. The molecular weight excluding hydrogens is 401 g/mol. The normalized spacial score (nSPS) is 15.5. The predicted octanol–water partition coefficient (Wildman–Crippen LogP) is 5.93. The number of nitrogens with one attached hydrogen (secondary N) is 1. The number of hydrogen-bond donors (Lipinski definition) is 1. The van der Waals surface area contributed by atoms with E-state index in [1.807, 2.05) is 49.4 Å². The van der Waals surface area contributed by atoms with Crippen molar-refractivity contribution in [2.45, 2.75) is 13.0 Å². The van der Waals surface area contributed by atoms with Gasteiger partial charge in [0.25, 0.3) is 5.91 Å². The highest BCUT2D eigenvalue weighted by atomic mass is 35.5. The number of nitrogens with zero attached hydrogens (tertiary/aromatic N) is 2. The summed E-state index contributed by atoms with van der Waals surface area (Å²) in [6.07, 6.45) is 0. The molecule has 148 valence electrons. The monoisotopic (exact) mass is 417 g/mol. The number of carbonyl (C=O) groups excluding carboxylic acids is 1. The van der Waals surface area contributed by atoms with Gasteiger partial charge in [-0.05, 0) is 48.9 Å². The Balaban J connectivity index is 1.72. The average Bonchev–Trinajstić information content (AvgIpc) is 3.28. The van der Waals surface area contributed by atoms with E-state index >= 15 is 0 Å². The number of benzene rings is 3. The molecule has 1 aliphatic heterocycles. The van der Waals surface area contributed by atoms with E-state index in [1.165, 1.54) is 12.1 Å². The molecule has 0 radical (unpaired) electrons. The maximum Gasteiger partial charge on any atom is 0.277 e. The Morgan fingerprint density at radius 1 is 1.03 bits per heavy atom. The van der Waals surface area contributed by atoms with Gasteiger partial charge in [0.15, 0.2) is 0 Å². The van der Waals surface area contributed by atoms with Crippen LogP contribution in [0.3, 0.4) is 0 Å². The van der Waals surface area contributed by atoms with E-state index in [4.69, 9.17) is 11.6 Å². The second kappa shape index (κ2) is 7.11. The van der Waals surface area contributed by atoms with Crippen molar-refractivity contribution in [2.24, 2.45) is 0 Å². The molecule has 1 aliphatic rings. The van der Waals surface area contributed by atoms with Crippen molar-refractivity contribution in [1.29, 1.82) is 0 Å². The highest BCUT2D eigenvalue weighted by molar-refractivity contribution is 6.30. The maximum atomic E-state index is 14.1. The van der Waals surface area contributed by atoms with Crippen molar-refractivity contribution in [3.05, 3.63) is 106 Å². The van der Waals surface area contributed by atoms with Crippen LogP contribution in [-0.4, -0.2) is 16.1 Å². The number of aromatic nitrogens is 2. The smallest absolute Gasteiger partial charge is 0.277 e. The lowest BCUT2D eigenvalue weighted by Crippen LogP contribution is -2.29. The van der Waals surface area contributed by atoms with Crippen LogP contribution in [0.25, 0.3) is 11.3 Å². The number of anilines is 1. The molecule has 4 nitrogen and oxygen atoms in total. The summed E-state index contributed by atoms with van der Waals surface area (Å²) in [6, 6.07) is 20.8. The molecule has 0 unspecified atom stereocenters. The number of carbonyl (C=O) groups is 1. The van der Waals surface area contributed by atoms with Gasteiger partial charge in [0.05, 0.1) is 11.7 Å². The Morgan fingerprint density at radius 3 is 2.47 bits per heavy atom. The molecule has 0 saturated heterocycles. The standard InChI is InChI=1S/C24H17ClFN3O/c1-14-5-11-19(12-6-14)29-23(16-3-2-4-18(26)13-16)20-21(27-28-22(20)24(29)30)15-7-9-17(25)10-8-15/h2-13,23H,1H3,(H,27,28)/t23-/m0/s1. The maximum absolute atomic E-state index is 14.1. The van der Waals surface area contributed by atoms with Crippen LogP contribution in [0.5, 0.6) is 0 Å². The van der Waals surface area contributed by atoms with Gasteiger partial charge in [0.2, 0.25) is 0 Å². The zero-order chi connectivity index (χ0) is 20.8. The van der Waals surface area contributed by atoms with E-state index in [-0.39, 0.29) is 11.7 Å². The lowest BCUT2D eigenvalue weighted by molar-refractivity contribution is 0.0988. The Labute approximate surface area is 177 Å². The molecule has 3 aromatic carbocycles. The molecule has 30 heavy (non-hydrogen) atoms. The van der Waals surface area contributed by atoms with Gasteiger partial charge in [-0.25, -0.2) is 4.39 Å². The molecule has 2 heterocycles. The second-order valence-electron chi connectivity index (χ2n) is 7.34. The number of H-pyrrole nitrogens is 1. The molecule has 6 heteroatoms. The number of aryl methyl sites for hydroxylation is 1. The van der Waals surface area contributed by atoms with Crippen molar-refractivity contribution in [1.82, 2.24) is 10.2 Å². The Hall–Kier alpha value is -3.44. The van der Waals surface area contributed by atoms with Gasteiger partial charge in [0, 0.05) is 21.8 Å². The molecule has 4 aromatic rings. The van der Waals surface area contributed by atoms with Crippen LogP contribution in [-0.2, 0) is 0 Å². The van der Waals surface area contributed by atoms with Crippen molar-refractivity contribution in [3.8, 4) is 11.3 Å². The third kappa shape index (κ3) is 2.99. The number of hydrogen-bond acceptors (Lipinski definition) is 2. The number of rotatable bonds is 3. The molecule has 0 saturated carbocycles. The summed E-state index contributed by atoms with van der Waals surface area (Å²) in [4.78, 5) is 15.1. The molecule has 0 aliphatic carbocycles. The lowest BCUT2D eigenvalue weighted by atomic mass is 9.95. The molecule has 0 fully saturated rings. The third-order valence-electron chi connectivity index (χ3n) is 5.36. The topological polar surface area (TPSA) is 49.0 Å². The van der Waals surface area contributed by atoms with Gasteiger partial charge in [0.1, 0.15) is 11.5 Å². The summed E-state index contributed by atoms with van der Waals surface area (Å²) < 4.78 is 14.1. The molecule has 0 bridgehead atoms. The first-order valence-corrected chi connectivity index (χ1v) is 9.90. The largest absolute Gasteiger partial charge is 0.295 e. The van der Waals surface area contributed by atoms with Crippen LogP contribution in [0.4, 0.5) is 10.1 Å². The summed E-state index contributed by atoms with van der Waals surface area (Å²) in [6.45, 7) is 1.99. The van der Waals surface area contributed by atoms with E-state index in [2.05, 4.69) is 10.2 Å². The molecule has 5 rings (SSSR count).